The van der Waals surface area contributed by atoms with Gasteiger partial charge in [-0.25, -0.2) is 19.9 Å². The van der Waals surface area contributed by atoms with Crippen LogP contribution >= 0.6 is 0 Å². The molecular weight excluding hydrogens is 669 g/mol. The summed E-state index contributed by atoms with van der Waals surface area (Å²) in [5.74, 6) is 1.33. The fraction of sp³-hybridized carbons (Fsp3) is 0. The summed E-state index contributed by atoms with van der Waals surface area (Å²) in [6.45, 7) is 0. The van der Waals surface area contributed by atoms with E-state index in [0.717, 1.165) is 66.5 Å². The Morgan fingerprint density at radius 1 is 0.352 bits per heavy atom. The smallest absolute Gasteiger partial charge is 0.321 e. The van der Waals surface area contributed by atoms with Crippen molar-refractivity contribution in [1.82, 2.24) is 29.1 Å². The lowest BCUT2D eigenvalue weighted by atomic mass is 9.98. The monoisotopic (exact) mass is 698 g/mol. The van der Waals surface area contributed by atoms with E-state index in [1.54, 1.807) is 36.9 Å². The van der Waals surface area contributed by atoms with Crippen LogP contribution in [0.15, 0.2) is 183 Å². The van der Waals surface area contributed by atoms with E-state index >= 15 is 0 Å². The van der Waals surface area contributed by atoms with Crippen molar-refractivity contribution in [3.05, 3.63) is 183 Å². The quantitative estimate of drug-likeness (QED) is 0.157. The number of fused-ring (bicyclic) bond motifs is 5. The lowest BCUT2D eigenvalue weighted by Crippen LogP contribution is -2.03. The average Bonchev–Trinajstić information content (AvgIpc) is 3.76. The Balaban J connectivity index is 1.32. The highest BCUT2D eigenvalue weighted by molar-refractivity contribution is 6.26. The van der Waals surface area contributed by atoms with Crippen molar-refractivity contribution in [2.24, 2.45) is 0 Å². The minimum absolute atomic E-state index is 0.290. The summed E-state index contributed by atoms with van der Waals surface area (Å²) in [5.41, 5.74) is 9.10. The van der Waals surface area contributed by atoms with Gasteiger partial charge < -0.3 is 9.47 Å². The second-order valence-corrected chi connectivity index (χ2v) is 12.7. The zero-order chi connectivity index (χ0) is 35.8. The number of benzene rings is 6. The van der Waals surface area contributed by atoms with Crippen LogP contribution in [0.1, 0.15) is 0 Å². The van der Waals surface area contributed by atoms with Crippen LogP contribution < -0.4 is 9.47 Å². The third-order valence-electron chi connectivity index (χ3n) is 9.58. The zero-order valence-electron chi connectivity index (χ0n) is 28.8. The summed E-state index contributed by atoms with van der Waals surface area (Å²) in [6.07, 6.45) is 6.72. The van der Waals surface area contributed by atoms with Crippen LogP contribution in [0.4, 0.5) is 0 Å². The molecule has 0 spiro atoms. The first-order chi connectivity index (χ1) is 26.8. The second kappa shape index (κ2) is 13.2. The molecule has 0 aliphatic heterocycles. The van der Waals surface area contributed by atoms with Crippen molar-refractivity contribution in [1.29, 1.82) is 0 Å². The molecule has 0 amide bonds. The van der Waals surface area contributed by atoms with Crippen LogP contribution in [0.5, 0.6) is 23.5 Å². The fourth-order valence-corrected chi connectivity index (χ4v) is 7.41. The molecule has 0 atom stereocenters. The molecule has 256 valence electrons. The molecule has 8 heteroatoms. The van der Waals surface area contributed by atoms with E-state index in [9.17, 15) is 0 Å². The van der Waals surface area contributed by atoms with Crippen LogP contribution in [-0.2, 0) is 0 Å². The Hall–Kier alpha value is -7.58. The van der Waals surface area contributed by atoms with Crippen LogP contribution in [0.3, 0.4) is 0 Å². The molecule has 0 aliphatic carbocycles. The van der Waals surface area contributed by atoms with E-state index in [1.165, 1.54) is 0 Å². The lowest BCUT2D eigenvalue weighted by Gasteiger charge is -2.17. The first-order valence-corrected chi connectivity index (χ1v) is 17.6. The third-order valence-corrected chi connectivity index (χ3v) is 9.58. The summed E-state index contributed by atoms with van der Waals surface area (Å²) in [7, 11) is 0. The predicted molar refractivity (Wildman–Crippen MR) is 213 cm³/mol. The van der Waals surface area contributed by atoms with Gasteiger partial charge in [0, 0.05) is 74.6 Å². The largest absolute Gasteiger partial charge is 0.424 e. The summed E-state index contributed by atoms with van der Waals surface area (Å²) in [5, 5.41) is 3.35. The number of rotatable bonds is 8. The van der Waals surface area contributed by atoms with Crippen LogP contribution in [0.2, 0.25) is 0 Å². The Kier molecular flexibility index (Phi) is 7.62. The highest BCUT2D eigenvalue weighted by Crippen LogP contribution is 2.48. The number of hydrogen-bond acceptors (Lipinski definition) is 6. The molecule has 54 heavy (non-hydrogen) atoms. The van der Waals surface area contributed by atoms with Crippen LogP contribution in [0, 0.1) is 0 Å². The predicted octanol–water partition coefficient (Wildman–Crippen LogP) is 11.2. The molecule has 0 fully saturated rings. The van der Waals surface area contributed by atoms with Crippen molar-refractivity contribution >= 4 is 32.8 Å². The number of ether oxygens (including phenoxy) is 2. The van der Waals surface area contributed by atoms with E-state index in [-0.39, 0.29) is 12.0 Å². The minimum Gasteiger partial charge on any atom is -0.424 e. The van der Waals surface area contributed by atoms with Gasteiger partial charge in [-0.15, -0.1) is 0 Å². The van der Waals surface area contributed by atoms with Crippen LogP contribution in [-0.4, -0.2) is 29.1 Å². The summed E-state index contributed by atoms with van der Waals surface area (Å²) in [6, 6.07) is 54.3. The molecule has 0 radical (unpaired) electrons. The van der Waals surface area contributed by atoms with Crippen molar-refractivity contribution in [3.63, 3.8) is 0 Å². The molecule has 0 N–H and O–H groups in total. The maximum atomic E-state index is 6.34. The second-order valence-electron chi connectivity index (χ2n) is 12.7. The first-order valence-electron chi connectivity index (χ1n) is 17.6. The lowest BCUT2D eigenvalue weighted by molar-refractivity contribution is 0.443. The molecule has 6 aromatic carbocycles. The SMILES string of the molecule is c1ccc(-n2c3c(-c4ccccc4Oc4ncccn4)cccc3c3c4cccc(-c5ccccc5Oc5ncccn5)c4n(-c4ccccc4)c32)cc1. The van der Waals surface area contributed by atoms with Crippen molar-refractivity contribution < 1.29 is 9.47 Å². The Morgan fingerprint density at radius 2 is 0.741 bits per heavy atom. The van der Waals surface area contributed by atoms with Gasteiger partial charge in [-0.2, -0.15) is 0 Å². The maximum absolute atomic E-state index is 6.34. The molecule has 0 saturated heterocycles. The normalized spacial score (nSPS) is 11.3. The van der Waals surface area contributed by atoms with E-state index in [2.05, 4.69) is 138 Å². The van der Waals surface area contributed by atoms with Crippen molar-refractivity contribution in [2.45, 2.75) is 0 Å². The van der Waals surface area contributed by atoms with E-state index in [4.69, 9.17) is 9.47 Å². The van der Waals surface area contributed by atoms with Crippen molar-refractivity contribution in [2.75, 3.05) is 0 Å². The molecular formula is C46H30N6O2. The van der Waals surface area contributed by atoms with Gasteiger partial charge >= 0.3 is 12.0 Å². The highest BCUT2D eigenvalue weighted by Gasteiger charge is 2.27. The summed E-state index contributed by atoms with van der Waals surface area (Å²) >= 11 is 0. The molecule has 10 aromatic rings. The number of nitrogens with zero attached hydrogens (tertiary/aromatic N) is 6. The summed E-state index contributed by atoms with van der Waals surface area (Å²) < 4.78 is 17.4. The number of para-hydroxylation sites is 6. The van der Waals surface area contributed by atoms with E-state index < -0.39 is 0 Å². The van der Waals surface area contributed by atoms with Gasteiger partial charge in [0.05, 0.1) is 11.0 Å². The van der Waals surface area contributed by atoms with Crippen molar-refractivity contribution in [3.8, 4) is 57.1 Å². The van der Waals surface area contributed by atoms with Gasteiger partial charge in [-0.1, -0.05) is 109 Å². The van der Waals surface area contributed by atoms with Gasteiger partial charge in [-0.3, -0.25) is 9.13 Å². The molecule has 10 rings (SSSR count). The van der Waals surface area contributed by atoms with Gasteiger partial charge in [0.15, 0.2) is 0 Å². The molecule has 4 heterocycles. The molecule has 8 nitrogen and oxygen atoms in total. The molecule has 4 aromatic heterocycles. The van der Waals surface area contributed by atoms with E-state index in [1.807, 2.05) is 36.4 Å². The molecule has 0 unspecified atom stereocenters. The zero-order valence-corrected chi connectivity index (χ0v) is 28.8. The fourth-order valence-electron chi connectivity index (χ4n) is 7.41. The average molecular weight is 699 g/mol. The van der Waals surface area contributed by atoms with Gasteiger partial charge in [0.1, 0.15) is 17.1 Å². The van der Waals surface area contributed by atoms with Gasteiger partial charge in [-0.05, 0) is 48.5 Å². The molecule has 0 aliphatic rings. The maximum Gasteiger partial charge on any atom is 0.321 e. The topological polar surface area (TPSA) is 79.9 Å². The third kappa shape index (κ3) is 5.24. The number of aromatic nitrogens is 6. The Bertz CT molecular complexity index is 2730. The Morgan fingerprint density at radius 3 is 1.19 bits per heavy atom. The number of hydrogen-bond donors (Lipinski definition) is 0. The molecule has 0 saturated carbocycles. The summed E-state index contributed by atoms with van der Waals surface area (Å²) in [4.78, 5) is 17.4. The van der Waals surface area contributed by atoms with Crippen LogP contribution in [0.25, 0.3) is 66.5 Å². The van der Waals surface area contributed by atoms with Gasteiger partial charge in [0.25, 0.3) is 0 Å². The molecule has 0 bridgehead atoms. The van der Waals surface area contributed by atoms with Gasteiger partial charge in [0.2, 0.25) is 0 Å². The minimum atomic E-state index is 0.290. The highest BCUT2D eigenvalue weighted by atomic mass is 16.5. The standard InChI is InChI=1S/C46H30N6O2/c1-3-15-31(16-4-1)51-42-35(33-19-7-9-25-39(33)53-45-47-27-13-28-48-45)21-11-23-37(42)41-38-24-12-22-36(43(38)52(44(41)51)32-17-5-2-6-18-32)34-20-8-10-26-40(34)54-46-49-29-14-30-50-46/h1-30H. The first kappa shape index (κ1) is 31.2. The Labute approximate surface area is 310 Å². The van der Waals surface area contributed by atoms with E-state index in [0.29, 0.717) is 11.5 Å².